The van der Waals surface area contributed by atoms with Crippen molar-refractivity contribution in [2.75, 3.05) is 13.7 Å². The Bertz CT molecular complexity index is 509. The maximum Gasteiger partial charge on any atom is 0.316 e. The molecule has 1 N–H and O–H groups in total. The SMILES string of the molecule is COc1ncc(C(=O)NCCCn2ccnc2)cn1. The van der Waals surface area contributed by atoms with Gasteiger partial charge in [0.2, 0.25) is 0 Å². The van der Waals surface area contributed by atoms with Gasteiger partial charge in [-0.15, -0.1) is 0 Å². The topological polar surface area (TPSA) is 81.9 Å². The van der Waals surface area contributed by atoms with Crippen molar-refractivity contribution in [3.63, 3.8) is 0 Å². The molecule has 2 rings (SSSR count). The number of imidazole rings is 1. The number of methoxy groups -OCH3 is 1. The summed E-state index contributed by atoms with van der Waals surface area (Å²) in [5, 5.41) is 2.81. The standard InChI is InChI=1S/C12H15N5O2/c1-19-12-15-7-10(8-16-12)11(18)14-3-2-5-17-6-4-13-9-17/h4,6-9H,2-3,5H2,1H3,(H,14,18). The van der Waals surface area contributed by atoms with Crippen LogP contribution in [0.3, 0.4) is 0 Å². The van der Waals surface area contributed by atoms with Crippen molar-refractivity contribution >= 4 is 5.91 Å². The second-order valence-electron chi connectivity index (χ2n) is 3.87. The lowest BCUT2D eigenvalue weighted by Crippen LogP contribution is -2.25. The maximum atomic E-state index is 11.8. The molecule has 0 radical (unpaired) electrons. The van der Waals surface area contributed by atoms with Gasteiger partial charge in [0.25, 0.3) is 5.91 Å². The van der Waals surface area contributed by atoms with Crippen LogP contribution in [0.15, 0.2) is 31.1 Å². The second-order valence-corrected chi connectivity index (χ2v) is 3.87. The van der Waals surface area contributed by atoms with Crippen LogP contribution in [0, 0.1) is 0 Å². The van der Waals surface area contributed by atoms with Gasteiger partial charge in [-0.05, 0) is 6.42 Å². The summed E-state index contributed by atoms with van der Waals surface area (Å²) in [4.78, 5) is 23.5. The predicted octanol–water partition coefficient (Wildman–Crippen LogP) is 0.502. The molecule has 0 aliphatic rings. The van der Waals surface area contributed by atoms with E-state index >= 15 is 0 Å². The summed E-state index contributed by atoms with van der Waals surface area (Å²) in [6.07, 6.45) is 9.08. The van der Waals surface area contributed by atoms with Gasteiger partial charge in [-0.25, -0.2) is 15.0 Å². The van der Waals surface area contributed by atoms with E-state index in [4.69, 9.17) is 4.74 Å². The number of hydrogen-bond acceptors (Lipinski definition) is 5. The minimum atomic E-state index is -0.187. The summed E-state index contributed by atoms with van der Waals surface area (Å²) >= 11 is 0. The van der Waals surface area contributed by atoms with Crippen LogP contribution in [0.2, 0.25) is 0 Å². The summed E-state index contributed by atoms with van der Waals surface area (Å²) in [5.74, 6) is -0.187. The normalized spacial score (nSPS) is 10.2. The second kappa shape index (κ2) is 6.48. The summed E-state index contributed by atoms with van der Waals surface area (Å²) in [5.41, 5.74) is 0.420. The quantitative estimate of drug-likeness (QED) is 0.766. The fourth-order valence-electron chi connectivity index (χ4n) is 1.52. The molecule has 0 aromatic carbocycles. The maximum absolute atomic E-state index is 11.8. The first-order valence-electron chi connectivity index (χ1n) is 5.89. The van der Waals surface area contributed by atoms with Crippen molar-refractivity contribution in [2.24, 2.45) is 0 Å². The van der Waals surface area contributed by atoms with E-state index in [9.17, 15) is 4.79 Å². The molecule has 0 bridgehead atoms. The molecule has 0 spiro atoms. The Morgan fingerprint density at radius 3 is 2.84 bits per heavy atom. The smallest absolute Gasteiger partial charge is 0.316 e. The zero-order chi connectivity index (χ0) is 13.5. The fourth-order valence-corrected chi connectivity index (χ4v) is 1.52. The molecule has 0 fully saturated rings. The largest absolute Gasteiger partial charge is 0.467 e. The van der Waals surface area contributed by atoms with E-state index in [-0.39, 0.29) is 11.9 Å². The Morgan fingerprint density at radius 1 is 1.42 bits per heavy atom. The highest BCUT2D eigenvalue weighted by Gasteiger charge is 2.06. The summed E-state index contributed by atoms with van der Waals surface area (Å²) in [6, 6.07) is 0.247. The van der Waals surface area contributed by atoms with Crippen molar-refractivity contribution in [3.05, 3.63) is 36.7 Å². The zero-order valence-corrected chi connectivity index (χ0v) is 10.6. The summed E-state index contributed by atoms with van der Waals surface area (Å²) in [7, 11) is 1.48. The van der Waals surface area contributed by atoms with Crippen molar-refractivity contribution in [3.8, 4) is 6.01 Å². The van der Waals surface area contributed by atoms with E-state index in [1.54, 1.807) is 12.5 Å². The Balaban J connectivity index is 1.74. The molecule has 7 heteroatoms. The molecule has 19 heavy (non-hydrogen) atoms. The molecule has 0 aliphatic carbocycles. The van der Waals surface area contributed by atoms with Crippen molar-refractivity contribution in [1.82, 2.24) is 24.8 Å². The number of amides is 1. The molecule has 0 saturated carbocycles. The molecule has 0 unspecified atom stereocenters. The Labute approximate surface area is 110 Å². The lowest BCUT2D eigenvalue weighted by molar-refractivity contribution is 0.0952. The molecule has 7 nitrogen and oxygen atoms in total. The lowest BCUT2D eigenvalue weighted by atomic mass is 10.3. The average Bonchev–Trinajstić information content (AvgIpc) is 2.96. The van der Waals surface area contributed by atoms with Crippen molar-refractivity contribution < 1.29 is 9.53 Å². The monoisotopic (exact) mass is 261 g/mol. The van der Waals surface area contributed by atoms with E-state index in [0.29, 0.717) is 12.1 Å². The van der Waals surface area contributed by atoms with Gasteiger partial charge >= 0.3 is 6.01 Å². The van der Waals surface area contributed by atoms with Crippen molar-refractivity contribution in [1.29, 1.82) is 0 Å². The highest BCUT2D eigenvalue weighted by Crippen LogP contribution is 2.01. The van der Waals surface area contributed by atoms with Crippen LogP contribution in [-0.2, 0) is 6.54 Å². The van der Waals surface area contributed by atoms with Gasteiger partial charge in [-0.2, -0.15) is 0 Å². The minimum absolute atomic E-state index is 0.187. The van der Waals surface area contributed by atoms with E-state index in [1.165, 1.54) is 19.5 Å². The fraction of sp³-hybridized carbons (Fsp3) is 0.333. The summed E-state index contributed by atoms with van der Waals surface area (Å²) in [6.45, 7) is 1.41. The number of ether oxygens (including phenoxy) is 1. The molecule has 2 aromatic rings. The Morgan fingerprint density at radius 2 is 2.21 bits per heavy atom. The third kappa shape index (κ3) is 3.77. The van der Waals surface area contributed by atoms with Gasteiger partial charge in [0, 0.05) is 37.9 Å². The van der Waals surface area contributed by atoms with Crippen LogP contribution in [0.25, 0.3) is 0 Å². The molecule has 1 amide bonds. The van der Waals surface area contributed by atoms with Gasteiger partial charge in [0.05, 0.1) is 19.0 Å². The van der Waals surface area contributed by atoms with E-state index in [1.807, 2.05) is 10.8 Å². The Hall–Kier alpha value is -2.44. The van der Waals surface area contributed by atoms with Crippen LogP contribution in [0.5, 0.6) is 6.01 Å². The number of hydrogen-bond donors (Lipinski definition) is 1. The molecular weight excluding hydrogens is 246 g/mol. The predicted molar refractivity (Wildman–Crippen MR) is 67.8 cm³/mol. The van der Waals surface area contributed by atoms with E-state index < -0.39 is 0 Å². The number of aromatic nitrogens is 4. The number of rotatable bonds is 6. The van der Waals surface area contributed by atoms with Gasteiger partial charge in [-0.3, -0.25) is 4.79 Å². The van der Waals surface area contributed by atoms with Gasteiger partial charge in [0.15, 0.2) is 0 Å². The molecule has 0 atom stereocenters. The highest BCUT2D eigenvalue weighted by molar-refractivity contribution is 5.93. The van der Waals surface area contributed by atoms with Gasteiger partial charge in [-0.1, -0.05) is 0 Å². The van der Waals surface area contributed by atoms with Crippen LogP contribution in [-0.4, -0.2) is 39.1 Å². The number of nitrogens with zero attached hydrogens (tertiary/aromatic N) is 4. The first-order valence-corrected chi connectivity index (χ1v) is 5.89. The van der Waals surface area contributed by atoms with Crippen molar-refractivity contribution in [2.45, 2.75) is 13.0 Å². The molecule has 2 aromatic heterocycles. The number of nitrogens with one attached hydrogen (secondary N) is 1. The van der Waals surface area contributed by atoms with Crippen LogP contribution >= 0.6 is 0 Å². The minimum Gasteiger partial charge on any atom is -0.467 e. The third-order valence-corrected chi connectivity index (χ3v) is 2.51. The molecule has 0 aliphatic heterocycles. The van der Waals surface area contributed by atoms with Crippen LogP contribution in [0.4, 0.5) is 0 Å². The average molecular weight is 261 g/mol. The first-order chi connectivity index (χ1) is 9.29. The molecule has 0 saturated heterocycles. The molecular formula is C12H15N5O2. The lowest BCUT2D eigenvalue weighted by Gasteiger charge is -2.05. The molecule has 2 heterocycles. The van der Waals surface area contributed by atoms with Gasteiger partial charge < -0.3 is 14.6 Å². The third-order valence-electron chi connectivity index (χ3n) is 2.51. The van der Waals surface area contributed by atoms with E-state index in [0.717, 1.165) is 13.0 Å². The Kier molecular flexibility index (Phi) is 4.44. The van der Waals surface area contributed by atoms with Crippen LogP contribution < -0.4 is 10.1 Å². The van der Waals surface area contributed by atoms with Crippen LogP contribution in [0.1, 0.15) is 16.8 Å². The number of carbonyl (C=O) groups excluding carboxylic acids is 1. The zero-order valence-electron chi connectivity index (χ0n) is 10.6. The highest BCUT2D eigenvalue weighted by atomic mass is 16.5. The molecule has 100 valence electrons. The van der Waals surface area contributed by atoms with Gasteiger partial charge in [0.1, 0.15) is 0 Å². The number of aryl methyl sites for hydroxylation is 1. The number of carbonyl (C=O) groups is 1. The summed E-state index contributed by atoms with van der Waals surface area (Å²) < 4.78 is 6.79. The van der Waals surface area contributed by atoms with E-state index in [2.05, 4.69) is 20.3 Å². The first kappa shape index (κ1) is 13.0.